The van der Waals surface area contributed by atoms with Crippen molar-refractivity contribution in [3.05, 3.63) is 23.8 Å². The van der Waals surface area contributed by atoms with Crippen molar-refractivity contribution in [1.29, 1.82) is 0 Å². The third kappa shape index (κ3) is 6.46. The molecule has 1 aromatic carbocycles. The summed E-state index contributed by atoms with van der Waals surface area (Å²) in [6.45, 7) is 3.34. The molecule has 0 radical (unpaired) electrons. The van der Waals surface area contributed by atoms with Gasteiger partial charge >= 0.3 is 0 Å². The summed E-state index contributed by atoms with van der Waals surface area (Å²) in [5, 5.41) is 0. The fourth-order valence-corrected chi connectivity index (χ4v) is 2.41. The van der Waals surface area contributed by atoms with Crippen LogP contribution in [0.25, 0.3) is 0 Å². The van der Waals surface area contributed by atoms with E-state index in [1.165, 1.54) is 0 Å². The zero-order chi connectivity index (χ0) is 17.4. The standard InChI is InChI=1S/C17H31N5O/c1-20(2)10-6-12-22(13-7-11-21(3)4)17(23)14-8-5-9-15(18)16(14)19/h5,8-9H,6-7,10-13,18-19H2,1-4H3. The molecule has 6 heteroatoms. The molecule has 0 unspecified atom stereocenters. The molecule has 130 valence electrons. The first-order valence-corrected chi connectivity index (χ1v) is 8.05. The second-order valence-electron chi connectivity index (χ2n) is 6.41. The fourth-order valence-electron chi connectivity index (χ4n) is 2.41. The van der Waals surface area contributed by atoms with E-state index in [2.05, 4.69) is 9.80 Å². The van der Waals surface area contributed by atoms with Gasteiger partial charge in [0.15, 0.2) is 0 Å². The lowest BCUT2D eigenvalue weighted by Gasteiger charge is -2.25. The van der Waals surface area contributed by atoms with E-state index in [1.807, 2.05) is 33.1 Å². The summed E-state index contributed by atoms with van der Waals surface area (Å²) in [5.41, 5.74) is 13.1. The Morgan fingerprint density at radius 3 is 1.91 bits per heavy atom. The van der Waals surface area contributed by atoms with Gasteiger partial charge in [-0.25, -0.2) is 0 Å². The number of nitrogens with two attached hydrogens (primary N) is 2. The minimum absolute atomic E-state index is 0.0349. The van der Waals surface area contributed by atoms with Gasteiger partial charge in [0.1, 0.15) is 0 Å². The molecule has 23 heavy (non-hydrogen) atoms. The second kappa shape index (κ2) is 9.37. The number of benzene rings is 1. The van der Waals surface area contributed by atoms with E-state index in [1.54, 1.807) is 18.2 Å². The van der Waals surface area contributed by atoms with Crippen molar-refractivity contribution in [2.75, 3.05) is 65.8 Å². The Morgan fingerprint density at radius 2 is 1.43 bits per heavy atom. The van der Waals surface area contributed by atoms with Gasteiger partial charge in [0.05, 0.1) is 16.9 Å². The zero-order valence-electron chi connectivity index (χ0n) is 14.9. The molecule has 1 aromatic rings. The fraction of sp³-hybridized carbons (Fsp3) is 0.588. The molecule has 0 atom stereocenters. The molecule has 0 saturated carbocycles. The smallest absolute Gasteiger partial charge is 0.256 e. The van der Waals surface area contributed by atoms with Crippen LogP contribution in [0.5, 0.6) is 0 Å². The molecule has 0 heterocycles. The molecule has 6 nitrogen and oxygen atoms in total. The maximum atomic E-state index is 12.8. The van der Waals surface area contributed by atoms with E-state index in [0.29, 0.717) is 16.9 Å². The van der Waals surface area contributed by atoms with Crippen LogP contribution < -0.4 is 11.5 Å². The SMILES string of the molecule is CN(C)CCCN(CCCN(C)C)C(=O)c1cccc(N)c1N. The minimum atomic E-state index is -0.0349. The second-order valence-corrected chi connectivity index (χ2v) is 6.41. The number of rotatable bonds is 9. The quantitative estimate of drug-likeness (QED) is 0.668. The summed E-state index contributed by atoms with van der Waals surface area (Å²) in [5.74, 6) is -0.0349. The van der Waals surface area contributed by atoms with Crippen LogP contribution in [0.2, 0.25) is 0 Å². The van der Waals surface area contributed by atoms with Gasteiger partial charge in [-0.3, -0.25) is 4.79 Å². The van der Waals surface area contributed by atoms with Crippen molar-refractivity contribution >= 4 is 17.3 Å². The van der Waals surface area contributed by atoms with Crippen molar-refractivity contribution in [3.8, 4) is 0 Å². The van der Waals surface area contributed by atoms with Gasteiger partial charge in [-0.05, 0) is 66.3 Å². The summed E-state index contributed by atoms with van der Waals surface area (Å²) >= 11 is 0. The Kier molecular flexibility index (Phi) is 7.85. The number of anilines is 2. The van der Waals surface area contributed by atoms with E-state index in [9.17, 15) is 4.79 Å². The van der Waals surface area contributed by atoms with E-state index in [0.717, 1.165) is 39.0 Å². The lowest BCUT2D eigenvalue weighted by molar-refractivity contribution is 0.0746. The van der Waals surface area contributed by atoms with Crippen LogP contribution in [0, 0.1) is 0 Å². The summed E-state index contributed by atoms with van der Waals surface area (Å²) in [6.07, 6.45) is 1.87. The summed E-state index contributed by atoms with van der Waals surface area (Å²) in [7, 11) is 8.14. The van der Waals surface area contributed by atoms with Crippen molar-refractivity contribution in [2.24, 2.45) is 0 Å². The number of para-hydroxylation sites is 1. The molecule has 0 spiro atoms. The third-order valence-electron chi connectivity index (χ3n) is 3.72. The normalized spacial score (nSPS) is 11.2. The molecule has 0 aliphatic carbocycles. The number of nitrogens with zero attached hydrogens (tertiary/aromatic N) is 3. The van der Waals surface area contributed by atoms with Gasteiger partial charge in [-0.15, -0.1) is 0 Å². The Balaban J connectivity index is 2.79. The average Bonchev–Trinajstić information content (AvgIpc) is 2.47. The van der Waals surface area contributed by atoms with Gasteiger partial charge in [0, 0.05) is 13.1 Å². The molecule has 0 aliphatic rings. The van der Waals surface area contributed by atoms with E-state index >= 15 is 0 Å². The van der Waals surface area contributed by atoms with E-state index in [-0.39, 0.29) is 5.91 Å². The summed E-state index contributed by atoms with van der Waals surface area (Å²) in [6, 6.07) is 5.24. The molecule has 0 aliphatic heterocycles. The lowest BCUT2D eigenvalue weighted by atomic mass is 10.1. The van der Waals surface area contributed by atoms with Crippen LogP contribution in [-0.4, -0.2) is 75.0 Å². The molecular weight excluding hydrogens is 290 g/mol. The molecule has 0 saturated heterocycles. The molecular formula is C17H31N5O. The highest BCUT2D eigenvalue weighted by molar-refractivity contribution is 6.01. The highest BCUT2D eigenvalue weighted by atomic mass is 16.2. The van der Waals surface area contributed by atoms with Crippen molar-refractivity contribution in [3.63, 3.8) is 0 Å². The van der Waals surface area contributed by atoms with Crippen LogP contribution in [-0.2, 0) is 0 Å². The maximum Gasteiger partial charge on any atom is 0.256 e. The molecule has 1 rings (SSSR count). The predicted octanol–water partition coefficient (Wildman–Crippen LogP) is 1.20. The number of nitrogen functional groups attached to an aromatic ring is 2. The van der Waals surface area contributed by atoms with Crippen LogP contribution >= 0.6 is 0 Å². The monoisotopic (exact) mass is 321 g/mol. The molecule has 0 bridgehead atoms. The number of amides is 1. The molecule has 1 amide bonds. The average molecular weight is 321 g/mol. The Morgan fingerprint density at radius 1 is 0.913 bits per heavy atom. The van der Waals surface area contributed by atoms with Crippen molar-refractivity contribution in [2.45, 2.75) is 12.8 Å². The van der Waals surface area contributed by atoms with Crippen molar-refractivity contribution < 1.29 is 4.79 Å². The van der Waals surface area contributed by atoms with Gasteiger partial charge in [-0.2, -0.15) is 0 Å². The largest absolute Gasteiger partial charge is 0.397 e. The molecule has 0 fully saturated rings. The number of hydrogen-bond acceptors (Lipinski definition) is 5. The highest BCUT2D eigenvalue weighted by Gasteiger charge is 2.18. The Hall–Kier alpha value is -1.79. The summed E-state index contributed by atoms with van der Waals surface area (Å²) in [4.78, 5) is 19.0. The third-order valence-corrected chi connectivity index (χ3v) is 3.72. The minimum Gasteiger partial charge on any atom is -0.397 e. The van der Waals surface area contributed by atoms with E-state index in [4.69, 9.17) is 11.5 Å². The zero-order valence-corrected chi connectivity index (χ0v) is 14.9. The van der Waals surface area contributed by atoms with Crippen molar-refractivity contribution in [1.82, 2.24) is 14.7 Å². The topological polar surface area (TPSA) is 78.8 Å². The van der Waals surface area contributed by atoms with Gasteiger partial charge in [0.2, 0.25) is 0 Å². The predicted molar refractivity (Wildman–Crippen MR) is 97.5 cm³/mol. The maximum absolute atomic E-state index is 12.8. The first kappa shape index (κ1) is 19.3. The van der Waals surface area contributed by atoms with Crippen LogP contribution in [0.15, 0.2) is 18.2 Å². The van der Waals surface area contributed by atoms with E-state index < -0.39 is 0 Å². The molecule has 4 N–H and O–H groups in total. The lowest BCUT2D eigenvalue weighted by Crippen LogP contribution is -2.36. The van der Waals surface area contributed by atoms with Gasteiger partial charge in [0.25, 0.3) is 5.91 Å². The number of hydrogen-bond donors (Lipinski definition) is 2. The molecule has 0 aromatic heterocycles. The van der Waals surface area contributed by atoms with Gasteiger partial charge < -0.3 is 26.2 Å². The van der Waals surface area contributed by atoms with Crippen LogP contribution in [0.4, 0.5) is 11.4 Å². The number of carbonyl (C=O) groups is 1. The van der Waals surface area contributed by atoms with Crippen LogP contribution in [0.3, 0.4) is 0 Å². The Labute approximate surface area is 140 Å². The first-order chi connectivity index (χ1) is 10.8. The number of carbonyl (C=O) groups excluding carboxylic acids is 1. The highest BCUT2D eigenvalue weighted by Crippen LogP contribution is 2.21. The first-order valence-electron chi connectivity index (χ1n) is 8.05. The van der Waals surface area contributed by atoms with Crippen LogP contribution in [0.1, 0.15) is 23.2 Å². The summed E-state index contributed by atoms with van der Waals surface area (Å²) < 4.78 is 0. The Bertz CT molecular complexity index is 488. The van der Waals surface area contributed by atoms with Gasteiger partial charge in [-0.1, -0.05) is 6.07 Å².